The smallest absolute Gasteiger partial charge is 0.297 e. The van der Waals surface area contributed by atoms with Crippen LogP contribution in [0.1, 0.15) is 5.56 Å². The zero-order valence-electron chi connectivity index (χ0n) is 19.7. The van der Waals surface area contributed by atoms with Gasteiger partial charge in [-0.3, -0.25) is 14.6 Å². The Morgan fingerprint density at radius 3 is 1.69 bits per heavy atom. The lowest BCUT2D eigenvalue weighted by Crippen LogP contribution is -2.39. The predicted molar refractivity (Wildman–Crippen MR) is 145 cm³/mol. The summed E-state index contributed by atoms with van der Waals surface area (Å²) >= 11 is 0. The van der Waals surface area contributed by atoms with E-state index < -0.39 is 0 Å². The SMILES string of the molecule is CN(C)c1ccc(/C=C2\C(=O)N=C(N(c3ccccc3)c3ccccc3)N2c2ccccc2)cc1. The van der Waals surface area contributed by atoms with Crippen LogP contribution in [0, 0.1) is 0 Å². The molecule has 4 aromatic rings. The first-order chi connectivity index (χ1) is 17.1. The number of hydrogen-bond donors (Lipinski definition) is 0. The topological polar surface area (TPSA) is 39.2 Å². The number of carbonyl (C=O) groups excluding carboxylic acids is 1. The van der Waals surface area contributed by atoms with Crippen molar-refractivity contribution in [3.8, 4) is 0 Å². The summed E-state index contributed by atoms with van der Waals surface area (Å²) in [6.45, 7) is 0. The predicted octanol–water partition coefficient (Wildman–Crippen LogP) is 6.33. The second-order valence-corrected chi connectivity index (χ2v) is 8.41. The Kier molecular flexibility index (Phi) is 6.14. The van der Waals surface area contributed by atoms with E-state index in [0.29, 0.717) is 11.7 Å². The maximum atomic E-state index is 13.4. The minimum Gasteiger partial charge on any atom is -0.378 e. The van der Waals surface area contributed by atoms with Gasteiger partial charge in [0.1, 0.15) is 5.70 Å². The molecule has 1 heterocycles. The third-order valence-electron chi connectivity index (χ3n) is 5.82. The second kappa shape index (κ2) is 9.69. The van der Waals surface area contributed by atoms with Crippen LogP contribution in [0.4, 0.5) is 22.7 Å². The Hall–Kier alpha value is -4.64. The van der Waals surface area contributed by atoms with Crippen LogP contribution in [0.25, 0.3) is 6.08 Å². The molecule has 5 rings (SSSR count). The highest BCUT2D eigenvalue weighted by Crippen LogP contribution is 2.34. The Morgan fingerprint density at radius 2 is 1.17 bits per heavy atom. The number of nitrogens with zero attached hydrogens (tertiary/aromatic N) is 4. The number of benzene rings is 4. The van der Waals surface area contributed by atoms with E-state index >= 15 is 0 Å². The molecule has 0 radical (unpaired) electrons. The van der Waals surface area contributed by atoms with Gasteiger partial charge >= 0.3 is 0 Å². The number of carbonyl (C=O) groups is 1. The Balaban J connectivity index is 1.65. The molecule has 1 aliphatic rings. The van der Waals surface area contributed by atoms with Gasteiger partial charge in [-0.1, -0.05) is 66.7 Å². The van der Waals surface area contributed by atoms with Crippen molar-refractivity contribution in [2.45, 2.75) is 0 Å². The van der Waals surface area contributed by atoms with Gasteiger partial charge in [0, 0.05) is 36.8 Å². The highest BCUT2D eigenvalue weighted by molar-refractivity contribution is 6.28. The Morgan fingerprint density at radius 1 is 0.657 bits per heavy atom. The van der Waals surface area contributed by atoms with E-state index in [1.807, 2.05) is 150 Å². The maximum Gasteiger partial charge on any atom is 0.297 e. The molecule has 0 fully saturated rings. The fourth-order valence-corrected chi connectivity index (χ4v) is 4.07. The van der Waals surface area contributed by atoms with E-state index in [9.17, 15) is 4.79 Å². The van der Waals surface area contributed by atoms with Gasteiger partial charge in [0.25, 0.3) is 5.91 Å². The molecule has 4 aromatic carbocycles. The van der Waals surface area contributed by atoms with Gasteiger partial charge in [0.05, 0.1) is 0 Å². The normalized spacial score (nSPS) is 14.2. The fourth-order valence-electron chi connectivity index (χ4n) is 4.07. The number of para-hydroxylation sites is 3. The third kappa shape index (κ3) is 4.57. The maximum absolute atomic E-state index is 13.4. The molecule has 172 valence electrons. The van der Waals surface area contributed by atoms with E-state index in [2.05, 4.69) is 4.99 Å². The molecule has 0 atom stereocenters. The molecule has 0 N–H and O–H groups in total. The first-order valence-corrected chi connectivity index (χ1v) is 11.5. The average molecular weight is 459 g/mol. The van der Waals surface area contributed by atoms with E-state index in [1.54, 1.807) is 0 Å². The van der Waals surface area contributed by atoms with Crippen LogP contribution < -0.4 is 14.7 Å². The first kappa shape index (κ1) is 22.2. The van der Waals surface area contributed by atoms with Gasteiger partial charge in [0.2, 0.25) is 5.96 Å². The van der Waals surface area contributed by atoms with Crippen LogP contribution >= 0.6 is 0 Å². The quantitative estimate of drug-likeness (QED) is 0.328. The molecule has 0 bridgehead atoms. The summed E-state index contributed by atoms with van der Waals surface area (Å²) in [5.74, 6) is 0.257. The van der Waals surface area contributed by atoms with Gasteiger partial charge in [0.15, 0.2) is 0 Å². The molecule has 0 unspecified atom stereocenters. The first-order valence-electron chi connectivity index (χ1n) is 11.5. The van der Waals surface area contributed by atoms with Crippen molar-refractivity contribution in [3.05, 3.63) is 127 Å². The number of rotatable bonds is 5. The van der Waals surface area contributed by atoms with E-state index in [4.69, 9.17) is 0 Å². The van der Waals surface area contributed by atoms with Crippen molar-refractivity contribution in [2.75, 3.05) is 28.8 Å². The van der Waals surface area contributed by atoms with Crippen LogP contribution in [0.3, 0.4) is 0 Å². The molecule has 0 saturated heterocycles. The number of hydrogen-bond acceptors (Lipinski definition) is 4. The largest absolute Gasteiger partial charge is 0.378 e. The molecule has 0 aliphatic carbocycles. The van der Waals surface area contributed by atoms with Crippen LogP contribution in [-0.2, 0) is 4.79 Å². The highest BCUT2D eigenvalue weighted by Gasteiger charge is 2.35. The van der Waals surface area contributed by atoms with Gasteiger partial charge in [-0.05, 0) is 60.2 Å². The van der Waals surface area contributed by atoms with Gasteiger partial charge in [-0.15, -0.1) is 0 Å². The molecule has 0 saturated carbocycles. The monoisotopic (exact) mass is 458 g/mol. The summed E-state index contributed by atoms with van der Waals surface area (Å²) in [5, 5.41) is 0. The van der Waals surface area contributed by atoms with Gasteiger partial charge < -0.3 is 4.90 Å². The molecule has 1 aliphatic heterocycles. The molecular formula is C30H26N4O. The van der Waals surface area contributed by atoms with Crippen molar-refractivity contribution >= 4 is 40.7 Å². The lowest BCUT2D eigenvalue weighted by atomic mass is 10.1. The number of anilines is 4. The Labute approximate surface area is 205 Å². The lowest BCUT2D eigenvalue weighted by molar-refractivity contribution is -0.113. The highest BCUT2D eigenvalue weighted by atomic mass is 16.2. The molecule has 0 spiro atoms. The summed E-state index contributed by atoms with van der Waals surface area (Å²) in [6.07, 6.45) is 1.90. The van der Waals surface area contributed by atoms with E-state index in [0.717, 1.165) is 28.3 Å². The fraction of sp³-hybridized carbons (Fsp3) is 0.0667. The molecule has 1 amide bonds. The van der Waals surface area contributed by atoms with Crippen molar-refractivity contribution in [3.63, 3.8) is 0 Å². The minimum absolute atomic E-state index is 0.280. The molecule has 35 heavy (non-hydrogen) atoms. The van der Waals surface area contributed by atoms with Crippen molar-refractivity contribution in [1.29, 1.82) is 0 Å². The van der Waals surface area contributed by atoms with Crippen molar-refractivity contribution in [2.24, 2.45) is 4.99 Å². The van der Waals surface area contributed by atoms with Crippen LogP contribution in [0.5, 0.6) is 0 Å². The number of aliphatic imine (C=N–C) groups is 1. The van der Waals surface area contributed by atoms with Gasteiger partial charge in [-0.25, -0.2) is 0 Å². The summed E-state index contributed by atoms with van der Waals surface area (Å²) in [4.78, 5) is 24.0. The zero-order chi connectivity index (χ0) is 24.2. The summed E-state index contributed by atoms with van der Waals surface area (Å²) in [5.41, 5.74) is 5.24. The van der Waals surface area contributed by atoms with E-state index in [1.165, 1.54) is 0 Å². The molecular weight excluding hydrogens is 432 g/mol. The molecule has 0 aromatic heterocycles. The molecule has 5 heteroatoms. The molecule has 5 nitrogen and oxygen atoms in total. The van der Waals surface area contributed by atoms with Crippen LogP contribution in [0.15, 0.2) is 126 Å². The lowest BCUT2D eigenvalue weighted by Gasteiger charge is -2.31. The second-order valence-electron chi connectivity index (χ2n) is 8.41. The average Bonchev–Trinajstić information content (AvgIpc) is 3.21. The number of amides is 1. The van der Waals surface area contributed by atoms with Gasteiger partial charge in [-0.2, -0.15) is 4.99 Å². The Bertz CT molecular complexity index is 1320. The summed E-state index contributed by atoms with van der Waals surface area (Å²) < 4.78 is 0. The number of guanidine groups is 1. The standard InChI is InChI=1S/C30H26N4O/c1-32(2)24-20-18-23(19-21-24)22-28-29(35)31-30(34(28)27-16-10-5-11-17-27)33(25-12-6-3-7-13-25)26-14-8-4-9-15-26/h3-22H,1-2H3/b28-22+. The third-order valence-corrected chi connectivity index (χ3v) is 5.82. The van der Waals surface area contributed by atoms with Crippen molar-refractivity contribution < 1.29 is 4.79 Å². The summed E-state index contributed by atoms with van der Waals surface area (Å²) in [6, 6.07) is 38.0. The zero-order valence-corrected chi connectivity index (χ0v) is 19.7. The van der Waals surface area contributed by atoms with Crippen molar-refractivity contribution in [1.82, 2.24) is 0 Å². The minimum atomic E-state index is -0.280. The van der Waals surface area contributed by atoms with Crippen LogP contribution in [-0.4, -0.2) is 26.0 Å². The van der Waals surface area contributed by atoms with E-state index in [-0.39, 0.29) is 5.91 Å². The van der Waals surface area contributed by atoms with Crippen LogP contribution in [0.2, 0.25) is 0 Å². The summed E-state index contributed by atoms with van der Waals surface area (Å²) in [7, 11) is 4.01.